The first-order valence-corrected chi connectivity index (χ1v) is 10.6. The van der Waals surface area contributed by atoms with E-state index < -0.39 is 5.97 Å². The molecule has 0 aliphatic carbocycles. The monoisotopic (exact) mass is 441 g/mol. The number of methoxy groups -OCH3 is 1. The summed E-state index contributed by atoms with van der Waals surface area (Å²) in [5.41, 5.74) is 11.4. The smallest absolute Gasteiger partial charge is 0.359 e. The van der Waals surface area contributed by atoms with Crippen molar-refractivity contribution in [1.82, 2.24) is 20.2 Å². The molecular weight excluding hydrogens is 418 g/mol. The molecule has 0 aliphatic rings. The van der Waals surface area contributed by atoms with Crippen molar-refractivity contribution in [3.8, 4) is 16.9 Å². The van der Waals surface area contributed by atoms with Crippen molar-refractivity contribution in [2.24, 2.45) is 5.73 Å². The van der Waals surface area contributed by atoms with Crippen LogP contribution in [-0.4, -0.2) is 45.9 Å². The van der Waals surface area contributed by atoms with E-state index in [4.69, 9.17) is 15.2 Å². The van der Waals surface area contributed by atoms with Crippen LogP contribution in [0, 0.1) is 0 Å². The van der Waals surface area contributed by atoms with Crippen molar-refractivity contribution < 1.29 is 14.3 Å². The van der Waals surface area contributed by atoms with Crippen LogP contribution in [0.2, 0.25) is 0 Å². The highest BCUT2D eigenvalue weighted by Crippen LogP contribution is 2.27. The van der Waals surface area contributed by atoms with Crippen molar-refractivity contribution in [1.29, 1.82) is 0 Å². The van der Waals surface area contributed by atoms with Gasteiger partial charge in [0.05, 0.1) is 18.8 Å². The van der Waals surface area contributed by atoms with E-state index in [9.17, 15) is 4.79 Å². The van der Waals surface area contributed by atoms with Gasteiger partial charge in [0.2, 0.25) is 0 Å². The Bertz CT molecular complexity index is 1440. The topological polar surface area (TPSA) is 119 Å². The van der Waals surface area contributed by atoms with Gasteiger partial charge in [0.15, 0.2) is 5.69 Å². The fourth-order valence-corrected chi connectivity index (χ4v) is 3.95. The summed E-state index contributed by atoms with van der Waals surface area (Å²) in [6, 6.07) is 15.6. The maximum absolute atomic E-state index is 12.0. The van der Waals surface area contributed by atoms with Gasteiger partial charge in [-0.05, 0) is 41.8 Å². The van der Waals surface area contributed by atoms with Crippen molar-refractivity contribution in [3.63, 3.8) is 0 Å². The molecule has 0 spiro atoms. The third-order valence-electron chi connectivity index (χ3n) is 5.61. The quantitative estimate of drug-likeness (QED) is 0.330. The van der Waals surface area contributed by atoms with Crippen molar-refractivity contribution in [2.75, 3.05) is 13.7 Å². The molecule has 0 aliphatic heterocycles. The molecule has 3 heterocycles. The first-order valence-electron chi connectivity index (χ1n) is 10.6. The normalized spacial score (nSPS) is 12.2. The Hall–Kier alpha value is -4.17. The van der Waals surface area contributed by atoms with Gasteiger partial charge in [-0.1, -0.05) is 24.3 Å². The average molecular weight is 441 g/mol. The number of esters is 1. The number of aromatic nitrogens is 4. The number of pyridine rings is 1. The van der Waals surface area contributed by atoms with Crippen LogP contribution in [0.1, 0.15) is 16.1 Å². The minimum Gasteiger partial charge on any atom is -0.490 e. The lowest BCUT2D eigenvalue weighted by Gasteiger charge is -2.13. The number of aromatic amines is 2. The summed E-state index contributed by atoms with van der Waals surface area (Å²) in [4.78, 5) is 19.6. The minimum atomic E-state index is -0.488. The molecule has 8 heteroatoms. The number of fused-ring (bicyclic) bond motifs is 2. The second-order valence-electron chi connectivity index (χ2n) is 7.87. The zero-order valence-corrected chi connectivity index (χ0v) is 18.0. The van der Waals surface area contributed by atoms with Gasteiger partial charge < -0.3 is 20.2 Å². The molecule has 0 saturated carbocycles. The molecule has 5 aromatic rings. The van der Waals surface area contributed by atoms with E-state index >= 15 is 0 Å². The predicted octanol–water partition coefficient (Wildman–Crippen LogP) is 3.84. The van der Waals surface area contributed by atoms with Crippen LogP contribution in [-0.2, 0) is 11.2 Å². The zero-order valence-electron chi connectivity index (χ0n) is 18.0. The number of carbonyl (C=O) groups is 1. The number of nitrogens with two attached hydrogens (primary N) is 1. The molecule has 8 nitrogen and oxygen atoms in total. The largest absolute Gasteiger partial charge is 0.490 e. The summed E-state index contributed by atoms with van der Waals surface area (Å²) in [7, 11) is 1.33. The molecule has 166 valence electrons. The van der Waals surface area contributed by atoms with E-state index in [1.807, 2.05) is 48.7 Å². The summed E-state index contributed by atoms with van der Waals surface area (Å²) in [6.07, 6.45) is 6.11. The number of ether oxygens (including phenoxy) is 2. The Kier molecular flexibility index (Phi) is 5.50. The number of benzene rings is 2. The van der Waals surface area contributed by atoms with Gasteiger partial charge in [-0.3, -0.25) is 10.1 Å². The summed E-state index contributed by atoms with van der Waals surface area (Å²) in [5, 5.41) is 8.77. The molecule has 3 aromatic heterocycles. The van der Waals surface area contributed by atoms with Crippen LogP contribution in [0.25, 0.3) is 32.9 Å². The van der Waals surface area contributed by atoms with E-state index in [-0.39, 0.29) is 11.7 Å². The summed E-state index contributed by atoms with van der Waals surface area (Å²) < 4.78 is 10.8. The Morgan fingerprint density at radius 1 is 1.06 bits per heavy atom. The third-order valence-corrected chi connectivity index (χ3v) is 5.61. The first kappa shape index (κ1) is 20.7. The first-order chi connectivity index (χ1) is 16.1. The van der Waals surface area contributed by atoms with E-state index in [1.165, 1.54) is 18.1 Å². The molecule has 1 atom stereocenters. The molecule has 5 rings (SSSR count). The highest BCUT2D eigenvalue weighted by molar-refractivity contribution is 6.03. The van der Waals surface area contributed by atoms with Crippen LogP contribution in [0.4, 0.5) is 0 Å². The molecular formula is C25H23N5O3. The molecule has 0 fully saturated rings. The zero-order chi connectivity index (χ0) is 22.8. The number of nitrogens with one attached hydrogen (secondary N) is 2. The Morgan fingerprint density at radius 2 is 1.94 bits per heavy atom. The van der Waals surface area contributed by atoms with Crippen LogP contribution in [0.5, 0.6) is 5.75 Å². The molecule has 0 amide bonds. The molecule has 0 radical (unpaired) electrons. The number of carbonyl (C=O) groups excluding carboxylic acids is 1. The van der Waals surface area contributed by atoms with Gasteiger partial charge >= 0.3 is 5.97 Å². The van der Waals surface area contributed by atoms with Crippen LogP contribution >= 0.6 is 0 Å². The standard InChI is InChI=1S/C25H23N5O3/c1-32-25(31)24-21-10-15(6-7-23(21)29-30-24)16-9-19(13-27-11-16)33-14-18(26)8-17-12-28-22-5-3-2-4-20(17)22/h2-7,9-13,18,28H,8,14,26H2,1H3,(H,29,30)/t18-/m1/s1. The third kappa shape index (κ3) is 4.16. The number of hydrogen-bond donors (Lipinski definition) is 3. The van der Waals surface area contributed by atoms with E-state index in [1.54, 1.807) is 12.4 Å². The molecule has 0 unspecified atom stereocenters. The highest BCUT2D eigenvalue weighted by atomic mass is 16.5. The van der Waals surface area contributed by atoms with Gasteiger partial charge in [-0.15, -0.1) is 0 Å². The number of H-pyrrole nitrogens is 2. The van der Waals surface area contributed by atoms with Crippen molar-refractivity contribution in [3.05, 3.63) is 78.4 Å². The number of para-hydroxylation sites is 1. The van der Waals surface area contributed by atoms with Crippen LogP contribution < -0.4 is 10.5 Å². The highest BCUT2D eigenvalue weighted by Gasteiger charge is 2.15. The Balaban J connectivity index is 1.30. The maximum atomic E-state index is 12.0. The second kappa shape index (κ2) is 8.76. The molecule has 0 saturated heterocycles. The number of nitrogens with zero attached hydrogens (tertiary/aromatic N) is 2. The summed E-state index contributed by atoms with van der Waals surface area (Å²) >= 11 is 0. The fourth-order valence-electron chi connectivity index (χ4n) is 3.95. The Labute approximate surface area is 189 Å². The van der Waals surface area contributed by atoms with Crippen molar-refractivity contribution in [2.45, 2.75) is 12.5 Å². The van der Waals surface area contributed by atoms with Gasteiger partial charge in [-0.2, -0.15) is 5.10 Å². The summed E-state index contributed by atoms with van der Waals surface area (Å²) in [5.74, 6) is 0.139. The number of rotatable bonds is 7. The maximum Gasteiger partial charge on any atom is 0.359 e. The second-order valence-corrected chi connectivity index (χ2v) is 7.87. The lowest BCUT2D eigenvalue weighted by molar-refractivity contribution is 0.0596. The van der Waals surface area contributed by atoms with Gasteiger partial charge in [0.25, 0.3) is 0 Å². The molecule has 0 bridgehead atoms. The van der Waals surface area contributed by atoms with Crippen molar-refractivity contribution >= 4 is 27.8 Å². The van der Waals surface area contributed by atoms with E-state index in [0.717, 1.165) is 22.2 Å². The Morgan fingerprint density at radius 3 is 2.82 bits per heavy atom. The lowest BCUT2D eigenvalue weighted by atomic mass is 10.0. The van der Waals surface area contributed by atoms with Gasteiger partial charge in [0.1, 0.15) is 12.4 Å². The lowest BCUT2D eigenvalue weighted by Crippen LogP contribution is -2.30. The van der Waals surface area contributed by atoms with Crippen LogP contribution in [0.15, 0.2) is 67.1 Å². The average Bonchev–Trinajstić information content (AvgIpc) is 3.46. The van der Waals surface area contributed by atoms with Crippen LogP contribution in [0.3, 0.4) is 0 Å². The molecule has 4 N–H and O–H groups in total. The molecule has 2 aromatic carbocycles. The fraction of sp³-hybridized carbons (Fsp3) is 0.160. The predicted molar refractivity (Wildman–Crippen MR) is 126 cm³/mol. The SMILES string of the molecule is COC(=O)c1n[nH]c2ccc(-c3cncc(OC[C@H](N)Cc4c[nH]c5ccccc45)c3)cc12. The minimum absolute atomic E-state index is 0.169. The van der Waals surface area contributed by atoms with E-state index in [2.05, 4.69) is 26.2 Å². The summed E-state index contributed by atoms with van der Waals surface area (Å²) in [6.45, 7) is 0.359. The molecule has 33 heavy (non-hydrogen) atoms. The van der Waals surface area contributed by atoms with Gasteiger partial charge in [-0.25, -0.2) is 4.79 Å². The number of hydrogen-bond acceptors (Lipinski definition) is 6. The van der Waals surface area contributed by atoms with Gasteiger partial charge in [0, 0.05) is 40.3 Å². The van der Waals surface area contributed by atoms with E-state index in [0.29, 0.717) is 24.2 Å².